The first kappa shape index (κ1) is 15.0. The molecule has 17 heavy (non-hydrogen) atoms. The summed E-state index contributed by atoms with van der Waals surface area (Å²) in [7, 11) is 1.58. The Kier molecular flexibility index (Phi) is 5.97. The maximum atomic E-state index is 11.0. The Hall–Kier alpha value is -0.0536. The summed E-state index contributed by atoms with van der Waals surface area (Å²) in [6.45, 7) is 0. The van der Waals surface area contributed by atoms with Gasteiger partial charge < -0.3 is 14.5 Å². The van der Waals surface area contributed by atoms with Gasteiger partial charge in [0.05, 0.1) is 23.9 Å². The average molecular weight is 278 g/mol. The number of carbonyl (C=O) groups excluding carboxylic acids is 1. The molecule has 0 aliphatic rings. The second-order valence-corrected chi connectivity index (χ2v) is 3.37. The van der Waals surface area contributed by atoms with Crippen molar-refractivity contribution in [2.45, 2.75) is 0 Å². The van der Waals surface area contributed by atoms with Crippen LogP contribution in [0.3, 0.4) is 0 Å². The Balaban J connectivity index is 0.00000144. The number of esters is 1. The number of carbonyl (C=O) groups is 1. The molecule has 0 aliphatic carbocycles. The number of aromatic amines is 1. The van der Waals surface area contributed by atoms with Gasteiger partial charge in [-0.1, -0.05) is 0 Å². The quantitative estimate of drug-likeness (QED) is 0.494. The SMILES string of the molecule is COc1ccc2[nH]c(OC(=O)CS)nc2c1.[KH]. The maximum absolute atomic E-state index is 11.0. The topological polar surface area (TPSA) is 64.2 Å². The van der Waals surface area contributed by atoms with Crippen molar-refractivity contribution >= 4 is 81.0 Å². The molecule has 0 saturated heterocycles. The van der Waals surface area contributed by atoms with E-state index in [1.807, 2.05) is 0 Å². The minimum absolute atomic E-state index is 0. The molecular weight excluding hydrogens is 267 g/mol. The van der Waals surface area contributed by atoms with E-state index in [9.17, 15) is 4.79 Å². The third-order valence-corrected chi connectivity index (χ3v) is 2.27. The van der Waals surface area contributed by atoms with E-state index in [1.54, 1.807) is 25.3 Å². The van der Waals surface area contributed by atoms with Gasteiger partial charge in [-0.2, -0.15) is 17.6 Å². The number of H-pyrrole nitrogens is 1. The van der Waals surface area contributed by atoms with Crippen molar-refractivity contribution in [3.63, 3.8) is 0 Å². The molecule has 1 heterocycles. The van der Waals surface area contributed by atoms with Crippen LogP contribution < -0.4 is 9.47 Å². The zero-order valence-electron chi connectivity index (χ0n) is 8.56. The summed E-state index contributed by atoms with van der Waals surface area (Å²) >= 11 is 3.80. The van der Waals surface area contributed by atoms with E-state index in [0.29, 0.717) is 11.3 Å². The van der Waals surface area contributed by atoms with Crippen LogP contribution in [0.1, 0.15) is 0 Å². The van der Waals surface area contributed by atoms with Crippen LogP contribution >= 0.6 is 12.6 Å². The molecular formula is C10H11KN2O3S. The van der Waals surface area contributed by atoms with Crippen LogP contribution in [0.5, 0.6) is 11.8 Å². The number of nitrogens with zero attached hydrogens (tertiary/aromatic N) is 1. The number of nitrogens with one attached hydrogen (secondary N) is 1. The number of imidazole rings is 1. The molecule has 0 radical (unpaired) electrons. The van der Waals surface area contributed by atoms with Gasteiger partial charge in [0.1, 0.15) is 5.75 Å². The molecule has 1 aromatic heterocycles. The molecule has 0 bridgehead atoms. The molecule has 86 valence electrons. The van der Waals surface area contributed by atoms with E-state index >= 15 is 0 Å². The van der Waals surface area contributed by atoms with Crippen LogP contribution in [-0.4, -0.2) is 80.2 Å². The van der Waals surface area contributed by atoms with E-state index in [-0.39, 0.29) is 63.1 Å². The number of hydrogen-bond donors (Lipinski definition) is 2. The van der Waals surface area contributed by atoms with Gasteiger partial charge in [-0.05, 0) is 12.1 Å². The Morgan fingerprint density at radius 3 is 2.94 bits per heavy atom. The number of thiol groups is 1. The molecule has 0 unspecified atom stereocenters. The minimum atomic E-state index is -0.450. The first-order valence-corrected chi connectivity index (χ1v) is 5.21. The number of aromatic nitrogens is 2. The molecule has 0 fully saturated rings. The zero-order chi connectivity index (χ0) is 11.5. The molecule has 0 spiro atoms. The summed E-state index contributed by atoms with van der Waals surface area (Å²) in [6.07, 6.45) is 0. The summed E-state index contributed by atoms with van der Waals surface area (Å²) in [5, 5.41) is 0. The molecule has 0 saturated carbocycles. The molecule has 7 heteroatoms. The van der Waals surface area contributed by atoms with Gasteiger partial charge in [-0.25, -0.2) is 0 Å². The molecule has 1 aromatic carbocycles. The molecule has 0 amide bonds. The zero-order valence-corrected chi connectivity index (χ0v) is 9.45. The second kappa shape index (κ2) is 6.77. The molecule has 5 nitrogen and oxygen atoms in total. The van der Waals surface area contributed by atoms with Crippen LogP contribution in [0.15, 0.2) is 18.2 Å². The fraction of sp³-hybridized carbons (Fsp3) is 0.200. The number of hydrogen-bond acceptors (Lipinski definition) is 5. The predicted molar refractivity (Wildman–Crippen MR) is 69.3 cm³/mol. The van der Waals surface area contributed by atoms with Gasteiger partial charge in [-0.15, -0.1) is 0 Å². The van der Waals surface area contributed by atoms with Gasteiger partial charge in [0.25, 0.3) is 0 Å². The van der Waals surface area contributed by atoms with Gasteiger partial charge in [0.15, 0.2) is 0 Å². The Morgan fingerprint density at radius 1 is 1.53 bits per heavy atom. The summed E-state index contributed by atoms with van der Waals surface area (Å²) in [6, 6.07) is 5.52. The normalized spacial score (nSPS) is 9.76. The average Bonchev–Trinajstić information content (AvgIpc) is 2.69. The number of ether oxygens (including phenoxy) is 2. The standard InChI is InChI=1S/C10H10N2O3S.K.H/c1-14-6-2-3-7-8(4-6)12-10(11-7)15-9(13)5-16;;/h2-4,16H,5H2,1H3,(H,11,12);;. The summed E-state index contributed by atoms with van der Waals surface area (Å²) in [5.41, 5.74) is 1.46. The van der Waals surface area contributed by atoms with Crippen molar-refractivity contribution in [2.24, 2.45) is 0 Å². The summed E-state index contributed by atoms with van der Waals surface area (Å²) in [5.74, 6) is 0.265. The first-order valence-electron chi connectivity index (χ1n) is 4.58. The van der Waals surface area contributed by atoms with E-state index in [2.05, 4.69) is 22.6 Å². The molecule has 0 atom stereocenters. The molecule has 1 N–H and O–H groups in total. The van der Waals surface area contributed by atoms with Crippen molar-refractivity contribution in [1.82, 2.24) is 9.97 Å². The number of methoxy groups -OCH3 is 1. The van der Waals surface area contributed by atoms with Gasteiger partial charge in [0, 0.05) is 6.07 Å². The van der Waals surface area contributed by atoms with Gasteiger partial charge in [0.2, 0.25) is 0 Å². The van der Waals surface area contributed by atoms with Crippen LogP contribution in [0.4, 0.5) is 0 Å². The molecule has 0 aliphatic heterocycles. The van der Waals surface area contributed by atoms with E-state index in [1.165, 1.54) is 0 Å². The summed E-state index contributed by atoms with van der Waals surface area (Å²) < 4.78 is 9.96. The number of benzene rings is 1. The van der Waals surface area contributed by atoms with Crippen molar-refractivity contribution in [1.29, 1.82) is 0 Å². The molecule has 2 aromatic rings. The van der Waals surface area contributed by atoms with Crippen molar-refractivity contribution in [3.8, 4) is 11.8 Å². The van der Waals surface area contributed by atoms with Crippen molar-refractivity contribution in [3.05, 3.63) is 18.2 Å². The van der Waals surface area contributed by atoms with Crippen LogP contribution in [0.25, 0.3) is 11.0 Å². The predicted octanol–water partition coefficient (Wildman–Crippen LogP) is 0.758. The first-order chi connectivity index (χ1) is 7.72. The van der Waals surface area contributed by atoms with Crippen molar-refractivity contribution in [2.75, 3.05) is 12.9 Å². The third kappa shape index (κ3) is 3.70. The number of rotatable bonds is 3. The third-order valence-electron chi connectivity index (χ3n) is 2.01. The second-order valence-electron chi connectivity index (χ2n) is 3.06. The van der Waals surface area contributed by atoms with Crippen molar-refractivity contribution < 1.29 is 14.3 Å². The fourth-order valence-corrected chi connectivity index (χ4v) is 1.34. The van der Waals surface area contributed by atoms with Crippen LogP contribution in [0, 0.1) is 0 Å². The Labute approximate surface area is 146 Å². The fourth-order valence-electron chi connectivity index (χ4n) is 1.28. The summed E-state index contributed by atoms with van der Waals surface area (Å²) in [4.78, 5) is 18.0. The van der Waals surface area contributed by atoms with E-state index < -0.39 is 5.97 Å². The Bertz CT molecular complexity index is 529. The number of fused-ring (bicyclic) bond motifs is 1. The van der Waals surface area contributed by atoms with E-state index in [4.69, 9.17) is 9.47 Å². The monoisotopic (exact) mass is 278 g/mol. The van der Waals surface area contributed by atoms with Gasteiger partial charge >= 0.3 is 63.4 Å². The van der Waals surface area contributed by atoms with Crippen LogP contribution in [-0.2, 0) is 4.79 Å². The van der Waals surface area contributed by atoms with Crippen LogP contribution in [0.2, 0.25) is 0 Å². The van der Waals surface area contributed by atoms with Gasteiger partial charge in [-0.3, -0.25) is 4.79 Å². The Morgan fingerprint density at radius 2 is 2.29 bits per heavy atom. The molecule has 2 rings (SSSR count). The van der Waals surface area contributed by atoms with E-state index in [0.717, 1.165) is 5.52 Å².